The molecular formula is C16H16N2O4S. The number of methoxy groups -OCH3 is 2. The molecule has 1 heterocycles. The lowest BCUT2D eigenvalue weighted by Gasteiger charge is -2.09. The molecule has 120 valence electrons. The third-order valence-electron chi connectivity index (χ3n) is 2.89. The molecule has 0 aliphatic rings. The molecule has 2 rings (SSSR count). The highest BCUT2D eigenvalue weighted by molar-refractivity contribution is 7.12. The van der Waals surface area contributed by atoms with Crippen LogP contribution in [0.5, 0.6) is 11.5 Å². The second kappa shape index (κ2) is 8.00. The van der Waals surface area contributed by atoms with Crippen LogP contribution in [-0.4, -0.2) is 26.0 Å². The van der Waals surface area contributed by atoms with Gasteiger partial charge in [0.1, 0.15) is 0 Å². The number of hydrazine groups is 1. The fourth-order valence-electron chi connectivity index (χ4n) is 1.84. The molecule has 2 amide bonds. The first-order chi connectivity index (χ1) is 11.2. The van der Waals surface area contributed by atoms with Crippen molar-refractivity contribution in [1.82, 2.24) is 10.9 Å². The van der Waals surface area contributed by atoms with Crippen LogP contribution in [0.15, 0.2) is 41.8 Å². The molecule has 0 aliphatic heterocycles. The monoisotopic (exact) mass is 332 g/mol. The summed E-state index contributed by atoms with van der Waals surface area (Å²) in [5, 5.41) is 1.78. The van der Waals surface area contributed by atoms with E-state index >= 15 is 0 Å². The number of ether oxygens (including phenoxy) is 2. The molecule has 0 fully saturated rings. The molecule has 0 radical (unpaired) electrons. The standard InChI is InChI=1S/C16H16N2O4S/c1-21-12-6-3-5-11(15(12)22-2)8-9-14(19)17-18-16(20)13-7-4-10-23-13/h3-10H,1-2H3,(H,17,19)(H,18,20)/b9-8+. The molecule has 23 heavy (non-hydrogen) atoms. The second-order valence-electron chi connectivity index (χ2n) is 4.34. The molecule has 0 unspecified atom stereocenters. The Morgan fingerprint density at radius 3 is 2.57 bits per heavy atom. The van der Waals surface area contributed by atoms with E-state index in [1.807, 2.05) is 0 Å². The summed E-state index contributed by atoms with van der Waals surface area (Å²) in [6.07, 6.45) is 2.87. The first-order valence-corrected chi connectivity index (χ1v) is 7.56. The van der Waals surface area contributed by atoms with Crippen LogP contribution in [0.1, 0.15) is 15.2 Å². The van der Waals surface area contributed by atoms with Crippen LogP contribution in [0.3, 0.4) is 0 Å². The average molecular weight is 332 g/mol. The lowest BCUT2D eigenvalue weighted by molar-refractivity contribution is -0.117. The predicted octanol–water partition coefficient (Wildman–Crippen LogP) is 2.24. The zero-order valence-corrected chi connectivity index (χ0v) is 13.5. The summed E-state index contributed by atoms with van der Waals surface area (Å²) in [6.45, 7) is 0. The molecule has 6 nitrogen and oxygen atoms in total. The lowest BCUT2D eigenvalue weighted by Crippen LogP contribution is -2.40. The average Bonchev–Trinajstić information content (AvgIpc) is 3.11. The van der Waals surface area contributed by atoms with Gasteiger partial charge in [-0.2, -0.15) is 0 Å². The summed E-state index contributed by atoms with van der Waals surface area (Å²) < 4.78 is 10.5. The van der Waals surface area contributed by atoms with E-state index in [9.17, 15) is 9.59 Å². The van der Waals surface area contributed by atoms with Gasteiger partial charge in [0, 0.05) is 11.6 Å². The molecule has 2 aromatic rings. The molecule has 0 atom stereocenters. The smallest absolute Gasteiger partial charge is 0.279 e. The van der Waals surface area contributed by atoms with Crippen LogP contribution in [0.25, 0.3) is 6.08 Å². The zero-order chi connectivity index (χ0) is 16.7. The normalized spacial score (nSPS) is 10.3. The fourth-order valence-corrected chi connectivity index (χ4v) is 2.46. The summed E-state index contributed by atoms with van der Waals surface area (Å²) in [5.41, 5.74) is 5.34. The predicted molar refractivity (Wildman–Crippen MR) is 88.5 cm³/mol. The van der Waals surface area contributed by atoms with Gasteiger partial charge in [-0.15, -0.1) is 11.3 Å². The first kappa shape index (κ1) is 16.6. The molecule has 0 bridgehead atoms. The number of thiophene rings is 1. The highest BCUT2D eigenvalue weighted by atomic mass is 32.1. The van der Waals surface area contributed by atoms with Crippen molar-refractivity contribution < 1.29 is 19.1 Å². The fraction of sp³-hybridized carbons (Fsp3) is 0.125. The molecule has 1 aromatic carbocycles. The maximum absolute atomic E-state index is 11.8. The van der Waals surface area contributed by atoms with Crippen molar-refractivity contribution >= 4 is 29.2 Å². The van der Waals surface area contributed by atoms with E-state index in [-0.39, 0.29) is 5.91 Å². The Labute approximate surface area is 137 Å². The Morgan fingerprint density at radius 2 is 1.91 bits per heavy atom. The van der Waals surface area contributed by atoms with E-state index in [4.69, 9.17) is 9.47 Å². The SMILES string of the molecule is COc1cccc(/C=C/C(=O)NNC(=O)c2cccs2)c1OC. The van der Waals surface area contributed by atoms with Crippen molar-refractivity contribution in [3.63, 3.8) is 0 Å². The number of benzene rings is 1. The van der Waals surface area contributed by atoms with Gasteiger partial charge >= 0.3 is 0 Å². The maximum atomic E-state index is 11.8. The van der Waals surface area contributed by atoms with Crippen molar-refractivity contribution in [2.75, 3.05) is 14.2 Å². The third-order valence-corrected chi connectivity index (χ3v) is 3.76. The largest absolute Gasteiger partial charge is 0.493 e. The Hall–Kier alpha value is -2.80. The van der Waals surface area contributed by atoms with Crippen LogP contribution < -0.4 is 20.3 Å². The minimum atomic E-state index is -0.459. The Balaban J connectivity index is 1.97. The van der Waals surface area contributed by atoms with Crippen LogP contribution in [0.4, 0.5) is 0 Å². The quantitative estimate of drug-likeness (QED) is 0.650. The van der Waals surface area contributed by atoms with Gasteiger partial charge in [-0.3, -0.25) is 20.4 Å². The minimum Gasteiger partial charge on any atom is -0.493 e. The van der Waals surface area contributed by atoms with E-state index in [0.717, 1.165) is 0 Å². The molecule has 7 heteroatoms. The van der Waals surface area contributed by atoms with Gasteiger partial charge in [0.15, 0.2) is 11.5 Å². The molecule has 0 aliphatic carbocycles. The van der Waals surface area contributed by atoms with Gasteiger partial charge < -0.3 is 9.47 Å². The number of hydrogen-bond donors (Lipinski definition) is 2. The molecule has 0 spiro atoms. The van der Waals surface area contributed by atoms with Gasteiger partial charge in [0.05, 0.1) is 19.1 Å². The number of amides is 2. The molecule has 1 aromatic heterocycles. The van der Waals surface area contributed by atoms with E-state index < -0.39 is 5.91 Å². The van der Waals surface area contributed by atoms with E-state index in [0.29, 0.717) is 21.9 Å². The highest BCUT2D eigenvalue weighted by Crippen LogP contribution is 2.31. The topological polar surface area (TPSA) is 76.7 Å². The highest BCUT2D eigenvalue weighted by Gasteiger charge is 2.08. The minimum absolute atomic E-state index is 0.360. The Morgan fingerprint density at radius 1 is 1.09 bits per heavy atom. The Bertz CT molecular complexity index is 711. The van der Waals surface area contributed by atoms with Gasteiger partial charge in [-0.05, 0) is 23.6 Å². The van der Waals surface area contributed by atoms with Crippen LogP contribution in [0, 0.1) is 0 Å². The summed E-state index contributed by atoms with van der Waals surface area (Å²) in [5.74, 6) is 0.281. The number of nitrogens with one attached hydrogen (secondary N) is 2. The number of rotatable bonds is 5. The van der Waals surface area contributed by atoms with Crippen molar-refractivity contribution in [2.24, 2.45) is 0 Å². The molecule has 0 saturated carbocycles. The van der Waals surface area contributed by atoms with Crippen molar-refractivity contribution in [3.8, 4) is 11.5 Å². The third kappa shape index (κ3) is 4.33. The van der Waals surface area contributed by atoms with Gasteiger partial charge in [-0.25, -0.2) is 0 Å². The maximum Gasteiger partial charge on any atom is 0.279 e. The second-order valence-corrected chi connectivity index (χ2v) is 5.28. The molecular weight excluding hydrogens is 316 g/mol. The molecule has 2 N–H and O–H groups in total. The van der Waals surface area contributed by atoms with Crippen LogP contribution in [0.2, 0.25) is 0 Å². The van der Waals surface area contributed by atoms with E-state index in [1.54, 1.807) is 41.8 Å². The molecule has 0 saturated heterocycles. The number of carbonyl (C=O) groups excluding carboxylic acids is 2. The van der Waals surface area contributed by atoms with Crippen molar-refractivity contribution in [1.29, 1.82) is 0 Å². The van der Waals surface area contributed by atoms with Gasteiger partial charge in [0.2, 0.25) is 0 Å². The zero-order valence-electron chi connectivity index (χ0n) is 12.7. The summed E-state index contributed by atoms with van der Waals surface area (Å²) in [4.78, 5) is 24.0. The summed E-state index contributed by atoms with van der Waals surface area (Å²) in [7, 11) is 3.06. The Kier molecular flexibility index (Phi) is 5.76. The summed E-state index contributed by atoms with van der Waals surface area (Å²) in [6, 6.07) is 8.77. The number of para-hydroxylation sites is 1. The van der Waals surface area contributed by atoms with E-state index in [2.05, 4.69) is 10.9 Å². The number of carbonyl (C=O) groups is 2. The van der Waals surface area contributed by atoms with E-state index in [1.165, 1.54) is 31.6 Å². The number of hydrogen-bond acceptors (Lipinski definition) is 5. The first-order valence-electron chi connectivity index (χ1n) is 6.68. The summed E-state index contributed by atoms with van der Waals surface area (Å²) >= 11 is 1.29. The van der Waals surface area contributed by atoms with Gasteiger partial charge in [0.25, 0.3) is 11.8 Å². The van der Waals surface area contributed by atoms with Crippen molar-refractivity contribution in [2.45, 2.75) is 0 Å². The lowest BCUT2D eigenvalue weighted by atomic mass is 10.1. The van der Waals surface area contributed by atoms with Gasteiger partial charge in [-0.1, -0.05) is 18.2 Å². The van der Waals surface area contributed by atoms with Crippen LogP contribution >= 0.6 is 11.3 Å². The van der Waals surface area contributed by atoms with Crippen LogP contribution in [-0.2, 0) is 4.79 Å². The van der Waals surface area contributed by atoms with Crippen molar-refractivity contribution in [3.05, 3.63) is 52.2 Å².